The average Bonchev–Trinajstić information content (AvgIpc) is 3.42. The first-order valence-electron chi connectivity index (χ1n) is 8.35. The standard InChI is InChI=1S/C19H19F3N2O2/c20-19(21,22)18-15(23-24-17(25)11-13-9-10-13)7-4-8-16(18)26-12-14-5-2-1-3-6-14/h1-8,13,23H,9-12H2,(H,24,25). The maximum atomic E-state index is 13.5. The second-order valence-corrected chi connectivity index (χ2v) is 6.27. The molecule has 26 heavy (non-hydrogen) atoms. The summed E-state index contributed by atoms with van der Waals surface area (Å²) in [5.41, 5.74) is 4.31. The van der Waals surface area contributed by atoms with Gasteiger partial charge in [-0.15, -0.1) is 0 Å². The Morgan fingerprint density at radius 3 is 2.46 bits per heavy atom. The number of anilines is 1. The zero-order valence-electron chi connectivity index (χ0n) is 14.0. The van der Waals surface area contributed by atoms with Crippen LogP contribution in [0.15, 0.2) is 48.5 Å². The Hall–Kier alpha value is -2.70. The molecule has 0 spiro atoms. The van der Waals surface area contributed by atoms with Crippen LogP contribution in [0.5, 0.6) is 5.75 Å². The minimum atomic E-state index is -4.63. The van der Waals surface area contributed by atoms with Crippen LogP contribution in [-0.4, -0.2) is 5.91 Å². The van der Waals surface area contributed by atoms with E-state index in [1.165, 1.54) is 18.2 Å². The van der Waals surface area contributed by atoms with Gasteiger partial charge >= 0.3 is 6.18 Å². The summed E-state index contributed by atoms with van der Waals surface area (Å²) < 4.78 is 46.0. The van der Waals surface area contributed by atoms with E-state index >= 15 is 0 Å². The second kappa shape index (κ2) is 7.68. The van der Waals surface area contributed by atoms with Gasteiger partial charge in [0.2, 0.25) is 5.91 Å². The number of benzene rings is 2. The van der Waals surface area contributed by atoms with E-state index in [0.29, 0.717) is 12.3 Å². The maximum absolute atomic E-state index is 13.5. The van der Waals surface area contributed by atoms with Crippen molar-refractivity contribution in [3.63, 3.8) is 0 Å². The van der Waals surface area contributed by atoms with Crippen LogP contribution in [0, 0.1) is 5.92 Å². The third-order valence-corrected chi connectivity index (χ3v) is 4.05. The lowest BCUT2D eigenvalue weighted by molar-refractivity contribution is -0.138. The number of halogens is 3. The fraction of sp³-hybridized carbons (Fsp3) is 0.316. The molecule has 0 aromatic heterocycles. The molecule has 0 saturated heterocycles. The lowest BCUT2D eigenvalue weighted by atomic mass is 10.1. The molecule has 138 valence electrons. The molecule has 1 amide bonds. The highest BCUT2D eigenvalue weighted by Crippen LogP contribution is 2.41. The largest absolute Gasteiger partial charge is 0.488 e. The lowest BCUT2D eigenvalue weighted by Crippen LogP contribution is -2.30. The number of amides is 1. The second-order valence-electron chi connectivity index (χ2n) is 6.27. The quantitative estimate of drug-likeness (QED) is 0.710. The number of nitrogens with one attached hydrogen (secondary N) is 2. The molecule has 2 N–H and O–H groups in total. The molecule has 2 aromatic carbocycles. The van der Waals surface area contributed by atoms with E-state index in [2.05, 4.69) is 10.9 Å². The topological polar surface area (TPSA) is 50.4 Å². The van der Waals surface area contributed by atoms with E-state index < -0.39 is 11.7 Å². The normalized spacial score (nSPS) is 14.0. The van der Waals surface area contributed by atoms with Crippen molar-refractivity contribution in [2.75, 3.05) is 5.43 Å². The number of hydrogen-bond donors (Lipinski definition) is 2. The summed E-state index contributed by atoms with van der Waals surface area (Å²) in [6, 6.07) is 12.9. The Kier molecular flexibility index (Phi) is 5.35. The first-order chi connectivity index (χ1) is 12.4. The first kappa shape index (κ1) is 18.1. The summed E-state index contributed by atoms with van der Waals surface area (Å²) in [4.78, 5) is 11.7. The minimum absolute atomic E-state index is 0.0153. The van der Waals surface area contributed by atoms with Gasteiger partial charge in [-0.05, 0) is 36.5 Å². The maximum Gasteiger partial charge on any atom is 0.422 e. The van der Waals surface area contributed by atoms with Gasteiger partial charge in [0.25, 0.3) is 0 Å². The monoisotopic (exact) mass is 364 g/mol. The molecule has 1 aliphatic carbocycles. The molecule has 3 rings (SSSR count). The summed E-state index contributed by atoms with van der Waals surface area (Å²) in [6.07, 6.45) is -2.33. The van der Waals surface area contributed by atoms with E-state index in [1.54, 1.807) is 24.3 Å². The van der Waals surface area contributed by atoms with Crippen molar-refractivity contribution in [2.24, 2.45) is 5.92 Å². The van der Waals surface area contributed by atoms with Crippen molar-refractivity contribution < 1.29 is 22.7 Å². The van der Waals surface area contributed by atoms with Gasteiger partial charge in [-0.1, -0.05) is 36.4 Å². The van der Waals surface area contributed by atoms with Crippen LogP contribution >= 0.6 is 0 Å². The summed E-state index contributed by atoms with van der Waals surface area (Å²) >= 11 is 0. The van der Waals surface area contributed by atoms with Crippen LogP contribution < -0.4 is 15.6 Å². The number of hydrogen-bond acceptors (Lipinski definition) is 3. The Balaban J connectivity index is 1.74. The van der Waals surface area contributed by atoms with Crippen LogP contribution in [0.2, 0.25) is 0 Å². The molecule has 0 heterocycles. The van der Waals surface area contributed by atoms with Crippen molar-refractivity contribution in [3.05, 3.63) is 59.7 Å². The molecule has 0 bridgehead atoms. The molecule has 7 heteroatoms. The molecule has 0 aliphatic heterocycles. The van der Waals surface area contributed by atoms with E-state index in [4.69, 9.17) is 4.74 Å². The Morgan fingerprint density at radius 2 is 1.81 bits per heavy atom. The fourth-order valence-electron chi connectivity index (χ4n) is 2.56. The predicted octanol–water partition coefficient (Wildman–Crippen LogP) is 4.53. The van der Waals surface area contributed by atoms with Crippen molar-refractivity contribution in [2.45, 2.75) is 32.0 Å². The Bertz CT molecular complexity index is 759. The highest BCUT2D eigenvalue weighted by molar-refractivity contribution is 5.78. The molecule has 2 aromatic rings. The molecule has 4 nitrogen and oxygen atoms in total. The fourth-order valence-corrected chi connectivity index (χ4v) is 2.56. The van der Waals surface area contributed by atoms with Crippen LogP contribution in [0.4, 0.5) is 18.9 Å². The summed E-state index contributed by atoms with van der Waals surface area (Å²) in [5.74, 6) is -0.265. The molecular formula is C19H19F3N2O2. The molecule has 1 fully saturated rings. The van der Waals surface area contributed by atoms with E-state index in [-0.39, 0.29) is 24.0 Å². The van der Waals surface area contributed by atoms with Crippen molar-refractivity contribution >= 4 is 11.6 Å². The number of hydrazine groups is 1. The SMILES string of the molecule is O=C(CC1CC1)NNc1cccc(OCc2ccccc2)c1C(F)(F)F. The zero-order chi connectivity index (χ0) is 18.6. The van der Waals surface area contributed by atoms with E-state index in [0.717, 1.165) is 18.4 Å². The van der Waals surface area contributed by atoms with Gasteiger partial charge in [0.1, 0.15) is 17.9 Å². The van der Waals surface area contributed by atoms with Gasteiger partial charge in [-0.2, -0.15) is 13.2 Å². The van der Waals surface area contributed by atoms with Crippen LogP contribution in [0.1, 0.15) is 30.4 Å². The summed E-state index contributed by atoms with van der Waals surface area (Å²) in [6.45, 7) is 0.0153. The highest BCUT2D eigenvalue weighted by Gasteiger charge is 2.37. The van der Waals surface area contributed by atoms with E-state index in [9.17, 15) is 18.0 Å². The van der Waals surface area contributed by atoms with Crippen LogP contribution in [0.3, 0.4) is 0 Å². The molecule has 0 unspecified atom stereocenters. The van der Waals surface area contributed by atoms with E-state index in [1.807, 2.05) is 6.07 Å². The first-order valence-corrected chi connectivity index (χ1v) is 8.35. The summed E-state index contributed by atoms with van der Waals surface area (Å²) in [5, 5.41) is 0. The van der Waals surface area contributed by atoms with Gasteiger partial charge in [0.15, 0.2) is 0 Å². The highest BCUT2D eigenvalue weighted by atomic mass is 19.4. The molecular weight excluding hydrogens is 345 g/mol. The molecule has 0 atom stereocenters. The third kappa shape index (κ3) is 4.91. The van der Waals surface area contributed by atoms with Crippen LogP contribution in [0.25, 0.3) is 0 Å². The molecule has 1 aliphatic rings. The van der Waals surface area contributed by atoms with Gasteiger partial charge in [-0.3, -0.25) is 15.6 Å². The van der Waals surface area contributed by atoms with Gasteiger partial charge < -0.3 is 4.74 Å². The van der Waals surface area contributed by atoms with Crippen molar-refractivity contribution in [1.29, 1.82) is 0 Å². The lowest BCUT2D eigenvalue weighted by Gasteiger charge is -2.19. The van der Waals surface area contributed by atoms with Gasteiger partial charge in [0, 0.05) is 6.42 Å². The zero-order valence-corrected chi connectivity index (χ0v) is 14.0. The number of ether oxygens (including phenoxy) is 1. The summed E-state index contributed by atoms with van der Waals surface area (Å²) in [7, 11) is 0. The third-order valence-electron chi connectivity index (χ3n) is 4.05. The average molecular weight is 364 g/mol. The minimum Gasteiger partial charge on any atom is -0.488 e. The predicted molar refractivity (Wildman–Crippen MR) is 91.3 cm³/mol. The Morgan fingerprint density at radius 1 is 1.08 bits per heavy atom. The van der Waals surface area contributed by atoms with Gasteiger partial charge in [0.05, 0.1) is 5.69 Å². The van der Waals surface area contributed by atoms with Crippen LogP contribution in [-0.2, 0) is 17.6 Å². The Labute approximate surface area is 149 Å². The van der Waals surface area contributed by atoms with Crippen molar-refractivity contribution in [3.8, 4) is 5.75 Å². The number of carbonyl (C=O) groups is 1. The van der Waals surface area contributed by atoms with Gasteiger partial charge in [-0.25, -0.2) is 0 Å². The molecule has 0 radical (unpaired) electrons. The number of rotatable bonds is 7. The molecule has 1 saturated carbocycles. The number of carbonyl (C=O) groups excluding carboxylic acids is 1. The smallest absolute Gasteiger partial charge is 0.422 e. The van der Waals surface area contributed by atoms with Crippen molar-refractivity contribution in [1.82, 2.24) is 5.43 Å². The number of alkyl halides is 3.